The summed E-state index contributed by atoms with van der Waals surface area (Å²) < 4.78 is 1.08. The van der Waals surface area contributed by atoms with Gasteiger partial charge in [0.25, 0.3) is 0 Å². The second kappa shape index (κ2) is 6.35. The second-order valence-electron chi connectivity index (χ2n) is 4.80. The van der Waals surface area contributed by atoms with E-state index in [1.165, 1.54) is 11.1 Å². The zero-order chi connectivity index (χ0) is 14.7. The zero-order valence-electron chi connectivity index (χ0n) is 12.4. The van der Waals surface area contributed by atoms with Crippen LogP contribution in [0.15, 0.2) is 22.7 Å². The molecule has 0 fully saturated rings. The number of aromatic nitrogens is 2. The van der Waals surface area contributed by atoms with Crippen molar-refractivity contribution in [1.29, 1.82) is 0 Å². The molecule has 1 heterocycles. The van der Waals surface area contributed by atoms with Crippen molar-refractivity contribution in [3.8, 4) is 11.4 Å². The molecule has 1 aromatic heterocycles. The number of halogens is 1. The van der Waals surface area contributed by atoms with E-state index in [0.29, 0.717) is 0 Å². The summed E-state index contributed by atoms with van der Waals surface area (Å²) in [5, 5.41) is 3.35. The maximum atomic E-state index is 4.72. The third-order valence-corrected chi connectivity index (χ3v) is 3.83. The van der Waals surface area contributed by atoms with Gasteiger partial charge in [0.05, 0.1) is 0 Å². The Balaban J connectivity index is 2.57. The molecule has 3 nitrogen and oxygen atoms in total. The Morgan fingerprint density at radius 2 is 1.90 bits per heavy atom. The van der Waals surface area contributed by atoms with Crippen LogP contribution in [0.2, 0.25) is 0 Å². The Morgan fingerprint density at radius 3 is 2.50 bits per heavy atom. The number of hydrogen-bond donors (Lipinski definition) is 1. The molecule has 0 saturated heterocycles. The largest absolute Gasteiger partial charge is 0.370 e. The van der Waals surface area contributed by atoms with Crippen molar-refractivity contribution in [1.82, 2.24) is 9.97 Å². The number of hydrogen-bond acceptors (Lipinski definition) is 3. The Bertz CT molecular complexity index is 623. The Hall–Kier alpha value is -1.42. The van der Waals surface area contributed by atoms with Gasteiger partial charge in [0, 0.05) is 27.8 Å². The molecule has 0 spiro atoms. The highest BCUT2D eigenvalue weighted by Crippen LogP contribution is 2.27. The molecule has 106 valence electrons. The van der Waals surface area contributed by atoms with Gasteiger partial charge in [-0.25, -0.2) is 9.97 Å². The summed E-state index contributed by atoms with van der Waals surface area (Å²) in [7, 11) is 0. The van der Waals surface area contributed by atoms with Crippen LogP contribution in [0.4, 0.5) is 5.82 Å². The predicted molar refractivity (Wildman–Crippen MR) is 88.2 cm³/mol. The number of benzene rings is 1. The highest BCUT2D eigenvalue weighted by molar-refractivity contribution is 9.10. The van der Waals surface area contributed by atoms with Gasteiger partial charge in [-0.05, 0) is 51.0 Å². The predicted octanol–water partition coefficient (Wildman–Crippen LogP) is 4.52. The maximum Gasteiger partial charge on any atom is 0.162 e. The quantitative estimate of drug-likeness (QED) is 0.893. The van der Waals surface area contributed by atoms with Crippen molar-refractivity contribution in [3.63, 3.8) is 0 Å². The molecule has 1 N–H and O–H groups in total. The minimum absolute atomic E-state index is 0.792. The van der Waals surface area contributed by atoms with Crippen LogP contribution in [0, 0.1) is 13.8 Å². The van der Waals surface area contributed by atoms with Gasteiger partial charge >= 0.3 is 0 Å². The molecule has 0 radical (unpaired) electrons. The van der Waals surface area contributed by atoms with Crippen LogP contribution in [-0.4, -0.2) is 16.5 Å². The van der Waals surface area contributed by atoms with Gasteiger partial charge in [-0.1, -0.05) is 22.9 Å². The summed E-state index contributed by atoms with van der Waals surface area (Å²) >= 11 is 3.49. The first-order valence-corrected chi connectivity index (χ1v) is 7.74. The van der Waals surface area contributed by atoms with Crippen molar-refractivity contribution < 1.29 is 0 Å². The van der Waals surface area contributed by atoms with E-state index >= 15 is 0 Å². The van der Waals surface area contributed by atoms with Crippen molar-refractivity contribution >= 4 is 21.7 Å². The molecule has 0 aliphatic rings. The van der Waals surface area contributed by atoms with Crippen LogP contribution in [-0.2, 0) is 6.42 Å². The summed E-state index contributed by atoms with van der Waals surface area (Å²) in [4.78, 5) is 9.40. The van der Waals surface area contributed by atoms with E-state index in [1.54, 1.807) is 0 Å². The van der Waals surface area contributed by atoms with Gasteiger partial charge in [0.2, 0.25) is 0 Å². The van der Waals surface area contributed by atoms with Gasteiger partial charge in [-0.2, -0.15) is 0 Å². The normalized spacial score (nSPS) is 10.7. The smallest absolute Gasteiger partial charge is 0.162 e. The van der Waals surface area contributed by atoms with Crippen LogP contribution >= 0.6 is 15.9 Å². The molecule has 0 aliphatic carbocycles. The molecular weight excluding hydrogens is 314 g/mol. The third-order valence-electron chi connectivity index (χ3n) is 3.34. The van der Waals surface area contributed by atoms with Crippen LogP contribution in [0.3, 0.4) is 0 Å². The summed E-state index contributed by atoms with van der Waals surface area (Å²) in [6.45, 7) is 9.22. The van der Waals surface area contributed by atoms with Crippen LogP contribution in [0.1, 0.15) is 30.7 Å². The molecule has 0 atom stereocenters. The lowest BCUT2D eigenvalue weighted by Gasteiger charge is -2.14. The molecule has 0 amide bonds. The lowest BCUT2D eigenvalue weighted by atomic mass is 10.1. The van der Waals surface area contributed by atoms with E-state index in [0.717, 1.165) is 40.3 Å². The fourth-order valence-corrected chi connectivity index (χ4v) is 2.81. The maximum absolute atomic E-state index is 4.72. The molecule has 0 saturated carbocycles. The molecule has 4 heteroatoms. The first kappa shape index (κ1) is 15.0. The SMILES string of the molecule is CCNc1nc(-c2ccc(Br)cc2C)nc(C)c1CC. The lowest BCUT2D eigenvalue weighted by molar-refractivity contribution is 0.988. The Morgan fingerprint density at radius 1 is 1.15 bits per heavy atom. The minimum Gasteiger partial charge on any atom is -0.370 e. The van der Waals surface area contributed by atoms with E-state index in [9.17, 15) is 0 Å². The first-order chi connectivity index (χ1) is 9.56. The third kappa shape index (κ3) is 3.01. The second-order valence-corrected chi connectivity index (χ2v) is 5.72. The molecular formula is C16H20BrN3. The van der Waals surface area contributed by atoms with Crippen molar-refractivity contribution in [2.75, 3.05) is 11.9 Å². The average Bonchev–Trinajstić information content (AvgIpc) is 2.38. The van der Waals surface area contributed by atoms with E-state index in [2.05, 4.69) is 66.1 Å². The molecule has 0 aliphatic heterocycles. The van der Waals surface area contributed by atoms with E-state index in [-0.39, 0.29) is 0 Å². The fourth-order valence-electron chi connectivity index (χ4n) is 2.33. The van der Waals surface area contributed by atoms with Gasteiger partial charge in [0.1, 0.15) is 5.82 Å². The highest BCUT2D eigenvalue weighted by atomic mass is 79.9. The van der Waals surface area contributed by atoms with Gasteiger partial charge in [-0.15, -0.1) is 0 Å². The average molecular weight is 334 g/mol. The van der Waals surface area contributed by atoms with Crippen molar-refractivity contribution in [2.45, 2.75) is 34.1 Å². The fraction of sp³-hybridized carbons (Fsp3) is 0.375. The molecule has 1 aromatic carbocycles. The van der Waals surface area contributed by atoms with Crippen molar-refractivity contribution in [2.24, 2.45) is 0 Å². The van der Waals surface area contributed by atoms with Crippen LogP contribution < -0.4 is 5.32 Å². The molecule has 0 bridgehead atoms. The standard InChI is InChI=1S/C16H20BrN3/c1-5-13-11(4)19-16(20-15(13)18-6-2)14-8-7-12(17)9-10(14)3/h7-9H,5-6H2,1-4H3,(H,18,19,20). The number of nitrogens with zero attached hydrogens (tertiary/aromatic N) is 2. The topological polar surface area (TPSA) is 37.8 Å². The Labute approximate surface area is 129 Å². The number of rotatable bonds is 4. The lowest BCUT2D eigenvalue weighted by Crippen LogP contribution is -2.08. The highest BCUT2D eigenvalue weighted by Gasteiger charge is 2.12. The number of aryl methyl sites for hydroxylation is 2. The molecule has 0 unspecified atom stereocenters. The van der Waals surface area contributed by atoms with Crippen LogP contribution in [0.5, 0.6) is 0 Å². The van der Waals surface area contributed by atoms with Gasteiger partial charge in [0.15, 0.2) is 5.82 Å². The molecule has 20 heavy (non-hydrogen) atoms. The van der Waals surface area contributed by atoms with Gasteiger partial charge < -0.3 is 5.32 Å². The summed E-state index contributed by atoms with van der Waals surface area (Å²) in [5.41, 5.74) is 4.50. The van der Waals surface area contributed by atoms with E-state index in [4.69, 9.17) is 4.98 Å². The number of anilines is 1. The summed E-state index contributed by atoms with van der Waals surface area (Å²) in [6, 6.07) is 6.19. The summed E-state index contributed by atoms with van der Waals surface area (Å²) in [6.07, 6.45) is 0.938. The minimum atomic E-state index is 0.792. The first-order valence-electron chi connectivity index (χ1n) is 6.94. The van der Waals surface area contributed by atoms with Crippen molar-refractivity contribution in [3.05, 3.63) is 39.5 Å². The zero-order valence-corrected chi connectivity index (χ0v) is 14.0. The van der Waals surface area contributed by atoms with Crippen LogP contribution in [0.25, 0.3) is 11.4 Å². The molecule has 2 aromatic rings. The Kier molecular flexibility index (Phi) is 4.76. The molecule has 2 rings (SSSR count). The van der Waals surface area contributed by atoms with E-state index in [1.807, 2.05) is 6.07 Å². The van der Waals surface area contributed by atoms with Gasteiger partial charge in [-0.3, -0.25) is 0 Å². The monoisotopic (exact) mass is 333 g/mol. The summed E-state index contributed by atoms with van der Waals surface area (Å²) in [5.74, 6) is 1.75. The number of nitrogens with one attached hydrogen (secondary N) is 1. The van der Waals surface area contributed by atoms with E-state index < -0.39 is 0 Å².